The van der Waals surface area contributed by atoms with E-state index in [4.69, 9.17) is 14.7 Å². The van der Waals surface area contributed by atoms with Gasteiger partial charge in [0.15, 0.2) is 0 Å². The zero-order valence-electron chi connectivity index (χ0n) is 12.2. The molecule has 0 heterocycles. The number of ether oxygens (including phenoxy) is 2. The molecule has 2 aromatic carbocycles. The summed E-state index contributed by atoms with van der Waals surface area (Å²) in [5.74, 6) is 1.22. The fourth-order valence-corrected chi connectivity index (χ4v) is 2.82. The first-order valence-corrected chi connectivity index (χ1v) is 7.03. The van der Waals surface area contributed by atoms with Gasteiger partial charge in [-0.15, -0.1) is 0 Å². The van der Waals surface area contributed by atoms with Gasteiger partial charge in [-0.05, 0) is 42.7 Å². The van der Waals surface area contributed by atoms with Crippen molar-refractivity contribution in [1.29, 1.82) is 10.5 Å². The van der Waals surface area contributed by atoms with E-state index >= 15 is 0 Å². The third-order valence-electron chi connectivity index (χ3n) is 3.91. The average Bonchev–Trinajstić information content (AvgIpc) is 2.99. The Morgan fingerprint density at radius 1 is 1.09 bits per heavy atom. The van der Waals surface area contributed by atoms with Crippen LogP contribution in [0.5, 0.6) is 11.5 Å². The molecular formula is C18H14N2O2. The molecule has 4 nitrogen and oxygen atoms in total. The number of fused-ring (bicyclic) bond motifs is 1. The zero-order chi connectivity index (χ0) is 15.5. The molecule has 0 spiro atoms. The molecule has 0 amide bonds. The van der Waals surface area contributed by atoms with E-state index in [-0.39, 0.29) is 6.10 Å². The van der Waals surface area contributed by atoms with E-state index in [0.29, 0.717) is 16.9 Å². The van der Waals surface area contributed by atoms with Crippen LogP contribution in [-0.4, -0.2) is 7.11 Å². The van der Waals surface area contributed by atoms with Crippen LogP contribution in [0.15, 0.2) is 36.4 Å². The van der Waals surface area contributed by atoms with Crippen molar-refractivity contribution in [3.8, 4) is 23.6 Å². The monoisotopic (exact) mass is 290 g/mol. The van der Waals surface area contributed by atoms with Gasteiger partial charge in [0.1, 0.15) is 17.6 Å². The van der Waals surface area contributed by atoms with Crippen LogP contribution < -0.4 is 4.74 Å². The van der Waals surface area contributed by atoms with Crippen LogP contribution in [0.1, 0.15) is 34.8 Å². The van der Waals surface area contributed by atoms with Crippen LogP contribution in [0.2, 0.25) is 0 Å². The van der Waals surface area contributed by atoms with Crippen molar-refractivity contribution in [1.82, 2.24) is 0 Å². The molecule has 0 aliphatic heterocycles. The van der Waals surface area contributed by atoms with Gasteiger partial charge in [-0.3, -0.25) is 0 Å². The highest BCUT2D eigenvalue weighted by Gasteiger charge is 2.25. The molecule has 2 aromatic rings. The Hall–Kier alpha value is -2.82. The molecule has 0 radical (unpaired) electrons. The Balaban J connectivity index is 1.98. The number of hydrogen-bond donors (Lipinski definition) is 0. The number of nitriles is 2. The Morgan fingerprint density at radius 3 is 2.68 bits per heavy atom. The summed E-state index contributed by atoms with van der Waals surface area (Å²) in [5.41, 5.74) is 3.08. The number of nitrogens with zero attached hydrogens (tertiary/aromatic N) is 2. The molecule has 3 rings (SSSR count). The van der Waals surface area contributed by atoms with Gasteiger partial charge in [0.2, 0.25) is 0 Å². The van der Waals surface area contributed by atoms with Crippen molar-refractivity contribution in [3.05, 3.63) is 58.7 Å². The standard InChI is InChI=1S/C18H14N2O2/c1-21-17-8-6-15-14(17)3-2-4-18(15)22-16-7-5-12(10-19)9-13(16)11-20/h2-5,7,9,17H,6,8H2,1H3/t17-/m1/s1. The van der Waals surface area contributed by atoms with Crippen LogP contribution in [0, 0.1) is 22.7 Å². The van der Waals surface area contributed by atoms with Gasteiger partial charge in [0.05, 0.1) is 23.3 Å². The first-order valence-electron chi connectivity index (χ1n) is 7.03. The van der Waals surface area contributed by atoms with E-state index in [2.05, 4.69) is 6.07 Å². The van der Waals surface area contributed by atoms with E-state index in [1.54, 1.807) is 19.2 Å². The highest BCUT2D eigenvalue weighted by Crippen LogP contribution is 2.40. The quantitative estimate of drug-likeness (QED) is 0.861. The van der Waals surface area contributed by atoms with E-state index in [9.17, 15) is 5.26 Å². The van der Waals surface area contributed by atoms with Gasteiger partial charge in [-0.2, -0.15) is 10.5 Å². The molecule has 0 N–H and O–H groups in total. The lowest BCUT2D eigenvalue weighted by Crippen LogP contribution is -1.96. The predicted molar refractivity (Wildman–Crippen MR) is 80.5 cm³/mol. The van der Waals surface area contributed by atoms with Crippen molar-refractivity contribution in [2.45, 2.75) is 18.9 Å². The van der Waals surface area contributed by atoms with E-state index in [1.165, 1.54) is 6.07 Å². The molecule has 1 aliphatic carbocycles. The van der Waals surface area contributed by atoms with Gasteiger partial charge in [0.25, 0.3) is 0 Å². The van der Waals surface area contributed by atoms with Crippen LogP contribution in [0.3, 0.4) is 0 Å². The zero-order valence-corrected chi connectivity index (χ0v) is 12.2. The van der Waals surface area contributed by atoms with Crippen molar-refractivity contribution < 1.29 is 9.47 Å². The normalized spacial score (nSPS) is 15.7. The minimum atomic E-state index is 0.106. The van der Waals surface area contributed by atoms with Crippen LogP contribution >= 0.6 is 0 Å². The summed E-state index contributed by atoms with van der Waals surface area (Å²) < 4.78 is 11.4. The Labute approximate surface area is 129 Å². The van der Waals surface area contributed by atoms with Gasteiger partial charge in [-0.1, -0.05) is 12.1 Å². The van der Waals surface area contributed by atoms with E-state index in [0.717, 1.165) is 29.7 Å². The molecule has 1 aliphatic rings. The number of benzene rings is 2. The third kappa shape index (κ3) is 2.41. The lowest BCUT2D eigenvalue weighted by Gasteiger charge is -2.13. The van der Waals surface area contributed by atoms with Gasteiger partial charge in [-0.25, -0.2) is 0 Å². The molecule has 108 valence electrons. The van der Waals surface area contributed by atoms with Crippen LogP contribution in [0.4, 0.5) is 0 Å². The topological polar surface area (TPSA) is 66.0 Å². The number of hydrogen-bond acceptors (Lipinski definition) is 4. The number of rotatable bonds is 3. The van der Waals surface area contributed by atoms with Crippen molar-refractivity contribution >= 4 is 0 Å². The molecule has 0 bridgehead atoms. The Kier molecular flexibility index (Phi) is 3.78. The second kappa shape index (κ2) is 5.89. The van der Waals surface area contributed by atoms with Crippen molar-refractivity contribution in [2.24, 2.45) is 0 Å². The van der Waals surface area contributed by atoms with E-state index < -0.39 is 0 Å². The fourth-order valence-electron chi connectivity index (χ4n) is 2.82. The SMILES string of the molecule is CO[C@@H]1CCc2c(Oc3ccc(C#N)cc3C#N)cccc21. The van der Waals surface area contributed by atoms with E-state index in [1.807, 2.05) is 24.3 Å². The predicted octanol–water partition coefficient (Wildman–Crippen LogP) is 3.86. The third-order valence-corrected chi connectivity index (χ3v) is 3.91. The maximum Gasteiger partial charge on any atom is 0.145 e. The molecule has 1 atom stereocenters. The summed E-state index contributed by atoms with van der Waals surface area (Å²) in [6, 6.07) is 14.8. The lowest BCUT2D eigenvalue weighted by atomic mass is 10.1. The summed E-state index contributed by atoms with van der Waals surface area (Å²) in [5, 5.41) is 18.1. The summed E-state index contributed by atoms with van der Waals surface area (Å²) >= 11 is 0. The second-order valence-corrected chi connectivity index (χ2v) is 5.12. The summed E-state index contributed by atoms with van der Waals surface area (Å²) in [6.07, 6.45) is 1.93. The smallest absolute Gasteiger partial charge is 0.145 e. The molecule has 0 unspecified atom stereocenters. The number of methoxy groups -OCH3 is 1. The maximum absolute atomic E-state index is 9.23. The molecule has 0 fully saturated rings. The largest absolute Gasteiger partial charge is 0.456 e. The lowest BCUT2D eigenvalue weighted by molar-refractivity contribution is 0.105. The molecular weight excluding hydrogens is 276 g/mol. The molecule has 22 heavy (non-hydrogen) atoms. The first kappa shape index (κ1) is 14.1. The fraction of sp³-hybridized carbons (Fsp3) is 0.222. The highest BCUT2D eigenvalue weighted by atomic mass is 16.5. The summed E-state index contributed by atoms with van der Waals surface area (Å²) in [7, 11) is 1.71. The van der Waals surface area contributed by atoms with Gasteiger partial charge >= 0.3 is 0 Å². The Bertz CT molecular complexity index is 800. The minimum absolute atomic E-state index is 0.106. The maximum atomic E-state index is 9.23. The molecule has 0 aromatic heterocycles. The summed E-state index contributed by atoms with van der Waals surface area (Å²) in [4.78, 5) is 0. The van der Waals surface area contributed by atoms with Gasteiger partial charge in [0, 0.05) is 12.7 Å². The molecule has 4 heteroatoms. The Morgan fingerprint density at radius 2 is 1.95 bits per heavy atom. The van der Waals surface area contributed by atoms with Crippen molar-refractivity contribution in [3.63, 3.8) is 0 Å². The molecule has 0 saturated carbocycles. The average molecular weight is 290 g/mol. The second-order valence-electron chi connectivity index (χ2n) is 5.12. The summed E-state index contributed by atoms with van der Waals surface area (Å²) in [6.45, 7) is 0. The van der Waals surface area contributed by atoms with Crippen molar-refractivity contribution in [2.75, 3.05) is 7.11 Å². The van der Waals surface area contributed by atoms with Crippen LogP contribution in [-0.2, 0) is 11.2 Å². The molecule has 0 saturated heterocycles. The minimum Gasteiger partial charge on any atom is -0.456 e. The van der Waals surface area contributed by atoms with Gasteiger partial charge < -0.3 is 9.47 Å². The van der Waals surface area contributed by atoms with Crippen LogP contribution in [0.25, 0.3) is 0 Å². The first-order chi connectivity index (χ1) is 10.8. The highest BCUT2D eigenvalue weighted by molar-refractivity contribution is 5.52.